The molecule has 0 unspecified atom stereocenters. The summed E-state index contributed by atoms with van der Waals surface area (Å²) in [6, 6.07) is 6.70. The Labute approximate surface area is 270 Å². The van der Waals surface area contributed by atoms with Gasteiger partial charge in [-0.15, -0.1) is 0 Å². The number of carbonyl (C=O) groups excluding carboxylic acids is 5. The van der Waals surface area contributed by atoms with Crippen LogP contribution in [0.15, 0.2) is 30.3 Å². The molecule has 4 aliphatic rings. The van der Waals surface area contributed by atoms with Crippen LogP contribution in [0.1, 0.15) is 77.7 Å². The fourth-order valence-electron chi connectivity index (χ4n) is 7.38. The number of ether oxygens (including phenoxy) is 1. The normalized spacial score (nSPS) is 24.3. The Morgan fingerprint density at radius 3 is 2.04 bits per heavy atom. The Bertz CT molecular complexity index is 1190. The van der Waals surface area contributed by atoms with Crippen LogP contribution in [0.5, 0.6) is 0 Å². The van der Waals surface area contributed by atoms with E-state index in [2.05, 4.69) is 20.9 Å². The monoisotopic (exact) mass is 642 g/mol. The number of carbonyl (C=O) groups is 5. The molecule has 254 valence electrons. The SMILES string of the molecule is CC(=O)[O-].CC(C)[C@@H](NC(=O)OC12CC3CC(CC(C3)C1)C2)C(=O)N[C@@H](Cc1ccccc1)C(=O)N[C@H](C=O)CCC[NH+]=C(N)N. The van der Waals surface area contributed by atoms with Crippen LogP contribution in [-0.4, -0.2) is 66.4 Å². The first-order valence-corrected chi connectivity index (χ1v) is 16.2. The molecule has 46 heavy (non-hydrogen) atoms. The quantitative estimate of drug-likeness (QED) is 0.0634. The van der Waals surface area contributed by atoms with Crippen LogP contribution in [0.4, 0.5) is 4.79 Å². The Hall–Kier alpha value is -4.16. The Morgan fingerprint density at radius 2 is 1.54 bits per heavy atom. The van der Waals surface area contributed by atoms with Gasteiger partial charge in [0.2, 0.25) is 11.8 Å². The molecule has 5 rings (SSSR count). The smallest absolute Gasteiger partial charge is 0.408 e. The number of carboxylic acid groups (broad SMARTS) is 1. The van der Waals surface area contributed by atoms with Crippen molar-refractivity contribution in [2.75, 3.05) is 6.54 Å². The Balaban J connectivity index is 0.00000136. The summed E-state index contributed by atoms with van der Waals surface area (Å²) in [6.45, 7) is 5.10. The van der Waals surface area contributed by atoms with E-state index >= 15 is 0 Å². The Morgan fingerprint density at radius 1 is 0.978 bits per heavy atom. The molecule has 0 spiro atoms. The van der Waals surface area contributed by atoms with Crippen molar-refractivity contribution in [2.45, 2.75) is 102 Å². The highest BCUT2D eigenvalue weighted by Gasteiger charge is 2.53. The summed E-state index contributed by atoms with van der Waals surface area (Å²) < 4.78 is 6.09. The molecular weight excluding hydrogens is 592 g/mol. The lowest BCUT2D eigenvalue weighted by Crippen LogP contribution is -2.78. The summed E-state index contributed by atoms with van der Waals surface area (Å²) in [7, 11) is 0. The van der Waals surface area contributed by atoms with Crippen molar-refractivity contribution >= 4 is 36.1 Å². The molecule has 4 fully saturated rings. The number of nitrogens with two attached hydrogens (primary N) is 2. The summed E-state index contributed by atoms with van der Waals surface area (Å²) in [5.41, 5.74) is 11.2. The van der Waals surface area contributed by atoms with Crippen LogP contribution in [0.25, 0.3) is 0 Å². The predicted octanol–water partition coefficient (Wildman–Crippen LogP) is -0.992. The average molecular weight is 643 g/mol. The molecule has 0 aromatic heterocycles. The van der Waals surface area contributed by atoms with Gasteiger partial charge in [0.15, 0.2) is 0 Å². The first-order chi connectivity index (χ1) is 21.8. The molecule has 4 saturated carbocycles. The molecule has 3 amide bonds. The zero-order valence-corrected chi connectivity index (χ0v) is 27.1. The number of guanidine groups is 1. The number of rotatable bonds is 14. The maximum atomic E-state index is 13.6. The summed E-state index contributed by atoms with van der Waals surface area (Å²) in [5, 5.41) is 17.3. The summed E-state index contributed by atoms with van der Waals surface area (Å²) in [4.78, 5) is 63.5. The number of aliphatic carboxylic acids is 1. The highest BCUT2D eigenvalue weighted by Crippen LogP contribution is 2.57. The molecule has 0 aliphatic heterocycles. The van der Waals surface area contributed by atoms with Gasteiger partial charge in [0, 0.05) is 12.4 Å². The van der Waals surface area contributed by atoms with Crippen LogP contribution in [0.3, 0.4) is 0 Å². The van der Waals surface area contributed by atoms with Crippen molar-refractivity contribution in [1.29, 1.82) is 0 Å². The Kier molecular flexibility index (Phi) is 13.4. The summed E-state index contributed by atoms with van der Waals surface area (Å²) in [6.07, 6.45) is 7.61. The van der Waals surface area contributed by atoms with Gasteiger partial charge in [0.05, 0.1) is 12.6 Å². The van der Waals surface area contributed by atoms with Gasteiger partial charge in [-0.3, -0.25) is 26.0 Å². The lowest BCUT2D eigenvalue weighted by atomic mass is 9.54. The molecule has 13 nitrogen and oxygen atoms in total. The molecule has 3 atom stereocenters. The van der Waals surface area contributed by atoms with Gasteiger partial charge < -0.3 is 35.4 Å². The second-order valence-corrected chi connectivity index (χ2v) is 13.4. The van der Waals surface area contributed by atoms with E-state index in [1.54, 1.807) is 0 Å². The molecule has 1 aromatic rings. The fraction of sp³-hybridized carbons (Fsp3) is 0.636. The minimum Gasteiger partial charge on any atom is -0.550 e. The van der Waals surface area contributed by atoms with Crippen molar-refractivity contribution < 1.29 is 38.8 Å². The van der Waals surface area contributed by atoms with E-state index in [1.165, 1.54) is 19.3 Å². The van der Waals surface area contributed by atoms with Gasteiger partial charge in [-0.25, -0.2) is 4.79 Å². The van der Waals surface area contributed by atoms with Gasteiger partial charge >= 0.3 is 12.1 Å². The molecule has 4 aliphatic carbocycles. The van der Waals surface area contributed by atoms with Crippen LogP contribution in [-0.2, 0) is 30.3 Å². The largest absolute Gasteiger partial charge is 0.550 e. The molecule has 1 aromatic carbocycles. The minimum atomic E-state index is -1.08. The van der Waals surface area contributed by atoms with Crippen molar-refractivity contribution in [3.8, 4) is 0 Å². The molecule has 4 bridgehead atoms. The zero-order chi connectivity index (χ0) is 33.9. The number of benzene rings is 1. The molecule has 0 saturated heterocycles. The zero-order valence-electron chi connectivity index (χ0n) is 27.1. The number of hydrogen-bond donors (Lipinski definition) is 6. The van der Waals surface area contributed by atoms with Crippen LogP contribution in [0.2, 0.25) is 0 Å². The standard InChI is InChI=1S/C31H46N6O5.C2H4O2/c1-19(2)26(37-30(41)42-31-15-21-11-22(16-31)13-23(12-21)17-31)28(40)36-25(14-20-7-4-3-5-8-20)27(39)35-24(18-38)9-6-10-34-29(32)33;1-2(3)4/h3-5,7-8,18-19,21-26H,6,9-17H2,1-2H3,(H,35,39)(H,36,40)(H,37,41)(H4,32,33,34);1H3,(H,3,4)/t21?,22?,23?,24-,25-,26+,31?;/m0./s1. The molecule has 8 N–H and O–H groups in total. The van der Waals surface area contributed by atoms with Crippen molar-refractivity contribution in [3.05, 3.63) is 35.9 Å². The molecule has 13 heteroatoms. The number of amides is 3. The molecule has 0 radical (unpaired) electrons. The van der Waals surface area contributed by atoms with E-state index in [1.807, 2.05) is 44.2 Å². The van der Waals surface area contributed by atoms with Crippen molar-refractivity contribution in [3.63, 3.8) is 0 Å². The third kappa shape index (κ3) is 11.3. The maximum Gasteiger partial charge on any atom is 0.408 e. The van der Waals surface area contributed by atoms with E-state index in [9.17, 15) is 19.2 Å². The van der Waals surface area contributed by atoms with Crippen LogP contribution < -0.4 is 37.5 Å². The van der Waals surface area contributed by atoms with E-state index in [-0.39, 0.29) is 18.3 Å². The number of hydrogen-bond acceptors (Lipinski definition) is 7. The third-order valence-electron chi connectivity index (χ3n) is 8.94. The van der Waals surface area contributed by atoms with Crippen LogP contribution in [0, 0.1) is 23.7 Å². The summed E-state index contributed by atoms with van der Waals surface area (Å²) in [5.74, 6) is -0.360. The number of aldehydes is 1. The number of alkyl carbamates (subject to hydrolysis) is 1. The highest BCUT2D eigenvalue weighted by molar-refractivity contribution is 5.92. The highest BCUT2D eigenvalue weighted by atomic mass is 16.6. The van der Waals surface area contributed by atoms with E-state index in [4.69, 9.17) is 26.1 Å². The predicted molar refractivity (Wildman–Crippen MR) is 168 cm³/mol. The average Bonchev–Trinajstić information content (AvgIpc) is 2.96. The maximum absolute atomic E-state index is 13.6. The lowest BCUT2D eigenvalue weighted by molar-refractivity contribution is -0.459. The number of carboxylic acids is 1. The van der Waals surface area contributed by atoms with E-state index < -0.39 is 47.6 Å². The van der Waals surface area contributed by atoms with E-state index in [0.29, 0.717) is 43.4 Å². The minimum absolute atomic E-state index is 0.0856. The number of nitrogens with one attached hydrogen (secondary N) is 4. The molecule has 0 heterocycles. The summed E-state index contributed by atoms with van der Waals surface area (Å²) >= 11 is 0. The topological polar surface area (TPSA) is 220 Å². The lowest BCUT2D eigenvalue weighted by Gasteiger charge is -2.55. The first kappa shape index (κ1) is 36.3. The van der Waals surface area contributed by atoms with Gasteiger partial charge in [-0.05, 0) is 87.5 Å². The third-order valence-corrected chi connectivity index (χ3v) is 8.94. The van der Waals surface area contributed by atoms with Gasteiger partial charge in [0.25, 0.3) is 0 Å². The van der Waals surface area contributed by atoms with Gasteiger partial charge in [0.1, 0.15) is 24.0 Å². The second kappa shape index (κ2) is 17.0. The second-order valence-electron chi connectivity index (χ2n) is 13.4. The van der Waals surface area contributed by atoms with Crippen molar-refractivity contribution in [2.24, 2.45) is 35.1 Å². The fourth-order valence-corrected chi connectivity index (χ4v) is 7.38. The van der Waals surface area contributed by atoms with Crippen LogP contribution >= 0.6 is 0 Å². The van der Waals surface area contributed by atoms with Crippen molar-refractivity contribution in [1.82, 2.24) is 16.0 Å². The van der Waals surface area contributed by atoms with Gasteiger partial charge in [-0.2, -0.15) is 0 Å². The van der Waals surface area contributed by atoms with E-state index in [0.717, 1.165) is 31.7 Å². The first-order valence-electron chi connectivity index (χ1n) is 16.2. The molecular formula is C33H50N6O7. The van der Waals surface area contributed by atoms with Gasteiger partial charge in [-0.1, -0.05) is 44.2 Å².